The SMILES string of the molecule is CCNCCS(=O)(=O)NCCC1CCCCC1. The van der Waals surface area contributed by atoms with Crippen molar-refractivity contribution in [3.05, 3.63) is 0 Å². The first-order chi connectivity index (χ1) is 8.14. The third kappa shape index (κ3) is 7.01. The fourth-order valence-electron chi connectivity index (χ4n) is 2.35. The molecule has 0 amide bonds. The Morgan fingerprint density at radius 1 is 1.12 bits per heavy atom. The molecule has 17 heavy (non-hydrogen) atoms. The lowest BCUT2D eigenvalue weighted by atomic mass is 9.87. The summed E-state index contributed by atoms with van der Waals surface area (Å²) < 4.78 is 25.9. The minimum atomic E-state index is -3.07. The highest BCUT2D eigenvalue weighted by Crippen LogP contribution is 2.25. The molecule has 1 aliphatic rings. The van der Waals surface area contributed by atoms with E-state index in [1.54, 1.807) is 0 Å². The van der Waals surface area contributed by atoms with E-state index in [9.17, 15) is 8.42 Å². The molecule has 0 aromatic carbocycles. The van der Waals surface area contributed by atoms with Gasteiger partial charge >= 0.3 is 0 Å². The van der Waals surface area contributed by atoms with E-state index in [-0.39, 0.29) is 5.75 Å². The molecule has 0 heterocycles. The van der Waals surface area contributed by atoms with Crippen molar-refractivity contribution in [2.75, 3.05) is 25.4 Å². The molecule has 0 atom stereocenters. The standard InChI is InChI=1S/C12H26N2O2S/c1-2-13-10-11-17(15,16)14-9-8-12-6-4-3-5-7-12/h12-14H,2-11H2,1H3. The molecule has 5 heteroatoms. The Hall–Kier alpha value is -0.130. The van der Waals surface area contributed by atoms with Gasteiger partial charge in [0.05, 0.1) is 5.75 Å². The summed E-state index contributed by atoms with van der Waals surface area (Å²) >= 11 is 0. The minimum absolute atomic E-state index is 0.186. The molecule has 0 saturated heterocycles. The third-order valence-electron chi connectivity index (χ3n) is 3.40. The smallest absolute Gasteiger partial charge is 0.212 e. The average Bonchev–Trinajstić information content (AvgIpc) is 2.30. The van der Waals surface area contributed by atoms with Crippen molar-refractivity contribution in [1.82, 2.24) is 10.0 Å². The van der Waals surface area contributed by atoms with E-state index in [1.807, 2.05) is 6.92 Å². The lowest BCUT2D eigenvalue weighted by molar-refractivity contribution is 0.339. The molecule has 0 aliphatic heterocycles. The normalized spacial score (nSPS) is 18.4. The van der Waals surface area contributed by atoms with Crippen LogP contribution in [-0.4, -0.2) is 33.8 Å². The maximum Gasteiger partial charge on any atom is 0.212 e. The van der Waals surface area contributed by atoms with E-state index >= 15 is 0 Å². The van der Waals surface area contributed by atoms with Crippen molar-refractivity contribution in [3.8, 4) is 0 Å². The summed E-state index contributed by atoms with van der Waals surface area (Å²) in [5, 5.41) is 3.02. The summed E-state index contributed by atoms with van der Waals surface area (Å²) in [4.78, 5) is 0. The quantitative estimate of drug-likeness (QED) is 0.652. The molecule has 102 valence electrons. The highest BCUT2D eigenvalue weighted by molar-refractivity contribution is 7.89. The van der Waals surface area contributed by atoms with Gasteiger partial charge in [-0.3, -0.25) is 0 Å². The van der Waals surface area contributed by atoms with Crippen molar-refractivity contribution >= 4 is 10.0 Å². The molecule has 0 spiro atoms. The van der Waals surface area contributed by atoms with Gasteiger partial charge in [-0.15, -0.1) is 0 Å². The summed E-state index contributed by atoms with van der Waals surface area (Å²) in [5.41, 5.74) is 0. The molecule has 1 rings (SSSR count). The number of nitrogens with one attached hydrogen (secondary N) is 2. The van der Waals surface area contributed by atoms with Crippen LogP contribution in [0.3, 0.4) is 0 Å². The van der Waals surface area contributed by atoms with Gasteiger partial charge in [0.1, 0.15) is 0 Å². The molecule has 4 nitrogen and oxygen atoms in total. The number of hydrogen-bond donors (Lipinski definition) is 2. The van der Waals surface area contributed by atoms with Crippen LogP contribution in [0, 0.1) is 5.92 Å². The van der Waals surface area contributed by atoms with E-state index in [1.165, 1.54) is 32.1 Å². The second-order valence-corrected chi connectivity index (χ2v) is 6.79. The summed E-state index contributed by atoms with van der Waals surface area (Å²) in [6.45, 7) is 3.94. The first-order valence-electron chi connectivity index (χ1n) is 6.82. The Balaban J connectivity index is 2.11. The second-order valence-electron chi connectivity index (χ2n) is 4.86. The molecule has 0 bridgehead atoms. The largest absolute Gasteiger partial charge is 0.316 e. The first-order valence-corrected chi connectivity index (χ1v) is 8.47. The van der Waals surface area contributed by atoms with Gasteiger partial charge in [0, 0.05) is 13.1 Å². The van der Waals surface area contributed by atoms with Crippen LogP contribution in [-0.2, 0) is 10.0 Å². The van der Waals surface area contributed by atoms with Gasteiger partial charge in [0.25, 0.3) is 0 Å². The van der Waals surface area contributed by atoms with Gasteiger partial charge in [-0.25, -0.2) is 13.1 Å². The Labute approximate surface area is 106 Å². The fourth-order valence-corrected chi connectivity index (χ4v) is 3.34. The van der Waals surface area contributed by atoms with Gasteiger partial charge in [-0.1, -0.05) is 39.0 Å². The lowest BCUT2D eigenvalue weighted by Crippen LogP contribution is -2.33. The van der Waals surface area contributed by atoms with Gasteiger partial charge in [0.2, 0.25) is 10.0 Å². The van der Waals surface area contributed by atoms with Crippen LogP contribution < -0.4 is 10.0 Å². The van der Waals surface area contributed by atoms with Crippen LogP contribution in [0.15, 0.2) is 0 Å². The molecule has 1 saturated carbocycles. The van der Waals surface area contributed by atoms with Crippen LogP contribution in [0.1, 0.15) is 45.4 Å². The predicted octanol–water partition coefficient (Wildman–Crippen LogP) is 1.49. The first kappa shape index (κ1) is 14.9. The maximum absolute atomic E-state index is 11.6. The van der Waals surface area contributed by atoms with Crippen molar-refractivity contribution in [2.45, 2.75) is 45.4 Å². The van der Waals surface area contributed by atoms with E-state index in [4.69, 9.17) is 0 Å². The monoisotopic (exact) mass is 262 g/mol. The summed E-state index contributed by atoms with van der Waals surface area (Å²) in [5.74, 6) is 0.922. The topological polar surface area (TPSA) is 58.2 Å². The Morgan fingerprint density at radius 2 is 1.82 bits per heavy atom. The van der Waals surface area contributed by atoms with Crippen LogP contribution in [0.25, 0.3) is 0 Å². The van der Waals surface area contributed by atoms with E-state index in [0.29, 0.717) is 13.1 Å². The molecular formula is C12H26N2O2S. The highest BCUT2D eigenvalue weighted by atomic mass is 32.2. The van der Waals surface area contributed by atoms with Crippen LogP contribution in [0.2, 0.25) is 0 Å². The van der Waals surface area contributed by atoms with Crippen molar-refractivity contribution in [2.24, 2.45) is 5.92 Å². The van der Waals surface area contributed by atoms with Crippen LogP contribution in [0.4, 0.5) is 0 Å². The molecule has 0 radical (unpaired) electrons. The summed E-state index contributed by atoms with van der Waals surface area (Å²) in [7, 11) is -3.07. The molecular weight excluding hydrogens is 236 g/mol. The Morgan fingerprint density at radius 3 is 2.47 bits per heavy atom. The Kier molecular flexibility index (Phi) is 7.08. The van der Waals surface area contributed by atoms with E-state index < -0.39 is 10.0 Å². The zero-order chi connectivity index (χ0) is 12.6. The molecule has 0 aromatic heterocycles. The highest BCUT2D eigenvalue weighted by Gasteiger charge is 2.14. The number of sulfonamides is 1. The zero-order valence-corrected chi connectivity index (χ0v) is 11.7. The van der Waals surface area contributed by atoms with Crippen LogP contribution in [0.5, 0.6) is 0 Å². The van der Waals surface area contributed by atoms with Crippen molar-refractivity contribution in [3.63, 3.8) is 0 Å². The van der Waals surface area contributed by atoms with Gasteiger partial charge in [0.15, 0.2) is 0 Å². The molecule has 1 fully saturated rings. The summed E-state index contributed by atoms with van der Waals surface area (Å²) in [6.07, 6.45) is 7.54. The van der Waals surface area contributed by atoms with Gasteiger partial charge < -0.3 is 5.32 Å². The molecule has 0 unspecified atom stereocenters. The average molecular weight is 262 g/mol. The molecule has 2 N–H and O–H groups in total. The van der Waals surface area contributed by atoms with Gasteiger partial charge in [-0.05, 0) is 18.9 Å². The maximum atomic E-state index is 11.6. The van der Waals surface area contributed by atoms with Crippen LogP contribution >= 0.6 is 0 Å². The molecule has 1 aliphatic carbocycles. The fraction of sp³-hybridized carbons (Fsp3) is 1.00. The van der Waals surface area contributed by atoms with E-state index in [2.05, 4.69) is 10.0 Å². The second kappa shape index (κ2) is 8.06. The molecule has 0 aromatic rings. The minimum Gasteiger partial charge on any atom is -0.316 e. The Bertz CT molecular complexity index is 285. The predicted molar refractivity (Wildman–Crippen MR) is 71.5 cm³/mol. The number of hydrogen-bond acceptors (Lipinski definition) is 3. The lowest BCUT2D eigenvalue weighted by Gasteiger charge is -2.21. The van der Waals surface area contributed by atoms with Crippen molar-refractivity contribution in [1.29, 1.82) is 0 Å². The van der Waals surface area contributed by atoms with E-state index in [0.717, 1.165) is 18.9 Å². The number of rotatable bonds is 8. The van der Waals surface area contributed by atoms with Gasteiger partial charge in [-0.2, -0.15) is 0 Å². The summed E-state index contributed by atoms with van der Waals surface area (Å²) in [6, 6.07) is 0. The third-order valence-corrected chi connectivity index (χ3v) is 4.78. The van der Waals surface area contributed by atoms with Crippen molar-refractivity contribution < 1.29 is 8.42 Å². The zero-order valence-electron chi connectivity index (χ0n) is 10.9.